The minimum Gasteiger partial charge on any atom is -0.222 e. The van der Waals surface area contributed by atoms with Gasteiger partial charge in [-0.3, -0.25) is 0 Å². The highest BCUT2D eigenvalue weighted by Crippen LogP contribution is 2.67. The summed E-state index contributed by atoms with van der Waals surface area (Å²) < 4.78 is 2.29. The van der Waals surface area contributed by atoms with E-state index in [0.29, 0.717) is 28.7 Å². The second-order valence-corrected chi connectivity index (χ2v) is 13.2. The van der Waals surface area contributed by atoms with Crippen molar-refractivity contribution in [1.29, 1.82) is 0 Å². The lowest BCUT2D eigenvalue weighted by Crippen LogP contribution is -2.48. The molecule has 1 aromatic heterocycles. The fourth-order valence-electron chi connectivity index (χ4n) is 9.38. The summed E-state index contributed by atoms with van der Waals surface area (Å²) in [5, 5.41) is 13.4. The highest BCUT2D eigenvalue weighted by Gasteiger charge is 2.60. The Labute approximate surface area is 202 Å². The summed E-state index contributed by atoms with van der Waals surface area (Å²) in [5.74, 6) is 5.80. The van der Waals surface area contributed by atoms with Crippen molar-refractivity contribution in [1.82, 2.24) is 20.2 Å². The maximum absolute atomic E-state index is 4.65. The van der Waals surface area contributed by atoms with Gasteiger partial charge in [0, 0.05) is 0 Å². The van der Waals surface area contributed by atoms with Gasteiger partial charge in [-0.05, 0) is 114 Å². The molecule has 3 saturated carbocycles. The fourth-order valence-corrected chi connectivity index (χ4v) is 9.38. The van der Waals surface area contributed by atoms with E-state index in [1.54, 1.807) is 5.57 Å². The molecule has 33 heavy (non-hydrogen) atoms. The maximum Gasteiger partial charge on any atom is 0.174 e. The van der Waals surface area contributed by atoms with Crippen LogP contribution in [0.4, 0.5) is 0 Å². The Balaban J connectivity index is 1.42. The summed E-state index contributed by atoms with van der Waals surface area (Å²) >= 11 is 0. The minimum atomic E-state index is 0.321. The van der Waals surface area contributed by atoms with Gasteiger partial charge in [-0.2, -0.15) is 0 Å². The van der Waals surface area contributed by atoms with E-state index in [-0.39, 0.29) is 0 Å². The molecule has 0 radical (unpaired) electrons. The summed E-state index contributed by atoms with van der Waals surface area (Å²) in [6.45, 7) is 15.0. The number of nitrogens with zero attached hydrogens (tertiary/aromatic N) is 4. The molecule has 3 fully saturated rings. The Morgan fingerprint density at radius 2 is 1.85 bits per heavy atom. The number of hydrogen-bond donors (Lipinski definition) is 0. The smallest absolute Gasteiger partial charge is 0.174 e. The van der Waals surface area contributed by atoms with E-state index in [0.717, 1.165) is 29.5 Å². The predicted molar refractivity (Wildman–Crippen MR) is 135 cm³/mol. The zero-order valence-corrected chi connectivity index (χ0v) is 22.2. The summed E-state index contributed by atoms with van der Waals surface area (Å²) in [4.78, 5) is 0. The Bertz CT molecular complexity index is 871. The second-order valence-electron chi connectivity index (χ2n) is 13.2. The van der Waals surface area contributed by atoms with Gasteiger partial charge in [-0.15, -0.1) is 5.10 Å². The quantitative estimate of drug-likeness (QED) is 0.443. The number of fused-ring (bicyclic) bond motifs is 7. The molecule has 184 valence electrons. The molecule has 5 rings (SSSR count). The molecule has 1 aliphatic heterocycles. The largest absolute Gasteiger partial charge is 0.222 e. The molecule has 0 saturated heterocycles. The third-order valence-electron chi connectivity index (χ3n) is 11.5. The van der Waals surface area contributed by atoms with Crippen LogP contribution in [0.15, 0.2) is 5.57 Å². The van der Waals surface area contributed by atoms with Gasteiger partial charge >= 0.3 is 0 Å². The third kappa shape index (κ3) is 3.73. The summed E-state index contributed by atoms with van der Waals surface area (Å²) in [6.07, 6.45) is 17.3. The highest BCUT2D eigenvalue weighted by atomic mass is 15.6. The van der Waals surface area contributed by atoms with Crippen LogP contribution in [-0.4, -0.2) is 20.2 Å². The van der Waals surface area contributed by atoms with Crippen LogP contribution in [0.1, 0.15) is 124 Å². The van der Waals surface area contributed by atoms with E-state index in [9.17, 15) is 0 Å². The zero-order chi connectivity index (χ0) is 23.4. The molecule has 0 spiro atoms. The molecule has 0 aromatic carbocycles. The fraction of sp³-hybridized carbons (Fsp3) is 0.897. The van der Waals surface area contributed by atoms with Crippen molar-refractivity contribution in [2.24, 2.45) is 46.3 Å². The average molecular weight is 453 g/mol. The van der Waals surface area contributed by atoms with Crippen LogP contribution in [0.5, 0.6) is 0 Å². The van der Waals surface area contributed by atoms with Gasteiger partial charge in [-0.25, -0.2) is 4.68 Å². The second kappa shape index (κ2) is 8.79. The van der Waals surface area contributed by atoms with Crippen molar-refractivity contribution < 1.29 is 0 Å². The lowest BCUT2D eigenvalue weighted by Gasteiger charge is -2.54. The Morgan fingerprint density at radius 1 is 1.03 bits per heavy atom. The lowest BCUT2D eigenvalue weighted by molar-refractivity contribution is -0.0412. The maximum atomic E-state index is 4.65. The summed E-state index contributed by atoms with van der Waals surface area (Å²) in [7, 11) is 0. The van der Waals surface area contributed by atoms with E-state index in [1.807, 2.05) is 0 Å². The molecule has 4 aliphatic rings. The Hall–Kier alpha value is -1.19. The number of hydrogen-bond acceptors (Lipinski definition) is 3. The van der Waals surface area contributed by atoms with Crippen LogP contribution in [0.25, 0.3) is 6.08 Å². The molecular formula is C29H48N4. The van der Waals surface area contributed by atoms with Gasteiger partial charge in [0.25, 0.3) is 0 Å². The van der Waals surface area contributed by atoms with E-state index in [4.69, 9.17) is 0 Å². The number of tetrazole rings is 1. The van der Waals surface area contributed by atoms with Crippen LogP contribution in [0.3, 0.4) is 0 Å². The standard InChI is InChI=1S/C29H48N4/c1-7-21(19(2)3)12-11-20(4)23-13-14-24-27-25(15-17-29(23,24)6)28(5)16-9-8-10-22(28)18-26-30-31-32-33(26)27/h18-21,23-25,27H,7-17H2,1-6H3/t20-,21-,23-,24+,25-,27+,28+,29-/m1/s1. The first-order valence-electron chi connectivity index (χ1n) is 14.3. The summed E-state index contributed by atoms with van der Waals surface area (Å²) in [6, 6.07) is 0.474. The molecule has 3 aliphatic carbocycles. The molecule has 0 N–H and O–H groups in total. The van der Waals surface area contributed by atoms with E-state index in [1.165, 1.54) is 70.6 Å². The molecule has 2 heterocycles. The van der Waals surface area contributed by atoms with Crippen molar-refractivity contribution in [3.8, 4) is 0 Å². The Morgan fingerprint density at radius 3 is 2.61 bits per heavy atom. The third-order valence-corrected chi connectivity index (χ3v) is 11.5. The zero-order valence-electron chi connectivity index (χ0n) is 22.2. The first-order chi connectivity index (χ1) is 15.8. The molecule has 4 heteroatoms. The predicted octanol–water partition coefficient (Wildman–Crippen LogP) is 7.73. The first-order valence-corrected chi connectivity index (χ1v) is 14.3. The normalized spacial score (nSPS) is 39.7. The molecular weight excluding hydrogens is 404 g/mol. The van der Waals surface area contributed by atoms with Gasteiger partial charge in [-0.1, -0.05) is 66.4 Å². The monoisotopic (exact) mass is 452 g/mol. The molecule has 0 unspecified atom stereocenters. The molecule has 0 bridgehead atoms. The average Bonchev–Trinajstić information content (AvgIpc) is 3.36. The van der Waals surface area contributed by atoms with Gasteiger partial charge in [0.2, 0.25) is 0 Å². The highest BCUT2D eigenvalue weighted by molar-refractivity contribution is 5.50. The summed E-state index contributed by atoms with van der Waals surface area (Å²) in [5.41, 5.74) is 2.39. The minimum absolute atomic E-state index is 0.321. The van der Waals surface area contributed by atoms with Crippen molar-refractivity contribution in [3.05, 3.63) is 11.4 Å². The van der Waals surface area contributed by atoms with Crippen LogP contribution < -0.4 is 0 Å². The van der Waals surface area contributed by atoms with E-state index >= 15 is 0 Å². The van der Waals surface area contributed by atoms with E-state index in [2.05, 4.69) is 67.8 Å². The number of rotatable bonds is 6. The Kier molecular flexibility index (Phi) is 6.27. The molecule has 8 atom stereocenters. The van der Waals surface area contributed by atoms with Crippen molar-refractivity contribution in [2.45, 2.75) is 118 Å². The number of allylic oxidation sites excluding steroid dienone is 1. The molecule has 0 amide bonds. The SMILES string of the molecule is CC[C@H](CC[C@@H](C)[C@H]1CC[C@H]2[C@H]3[C@@H](CC[C@]12C)[C@@]1(C)CCCCC1=Cc1nnnn13)C(C)C. The van der Waals surface area contributed by atoms with Crippen LogP contribution in [-0.2, 0) is 0 Å². The van der Waals surface area contributed by atoms with E-state index < -0.39 is 0 Å². The van der Waals surface area contributed by atoms with Crippen molar-refractivity contribution in [2.75, 3.05) is 0 Å². The van der Waals surface area contributed by atoms with Crippen molar-refractivity contribution >= 4 is 6.08 Å². The first kappa shape index (κ1) is 23.5. The topological polar surface area (TPSA) is 43.6 Å². The molecule has 4 nitrogen and oxygen atoms in total. The van der Waals surface area contributed by atoms with Gasteiger partial charge in [0.1, 0.15) is 0 Å². The van der Waals surface area contributed by atoms with Crippen molar-refractivity contribution in [3.63, 3.8) is 0 Å². The lowest BCUT2D eigenvalue weighted by atomic mass is 9.51. The van der Waals surface area contributed by atoms with Crippen LogP contribution in [0.2, 0.25) is 0 Å². The van der Waals surface area contributed by atoms with Gasteiger partial charge in [0.05, 0.1) is 6.04 Å². The van der Waals surface area contributed by atoms with Gasteiger partial charge in [0.15, 0.2) is 5.82 Å². The molecule has 1 aromatic rings. The van der Waals surface area contributed by atoms with Gasteiger partial charge < -0.3 is 0 Å². The van der Waals surface area contributed by atoms with Crippen LogP contribution in [0, 0.1) is 46.3 Å². The van der Waals surface area contributed by atoms with Crippen LogP contribution >= 0.6 is 0 Å². The number of aromatic nitrogens is 4.